The molecule has 0 heterocycles. The number of nitrogens with one attached hydrogen (secondary N) is 3. The van der Waals surface area contributed by atoms with E-state index in [1.54, 1.807) is 24.3 Å². The zero-order chi connectivity index (χ0) is 21.8. The summed E-state index contributed by atoms with van der Waals surface area (Å²) in [6, 6.07) is 14.1. The first-order chi connectivity index (χ1) is 14.5. The second-order valence-corrected chi connectivity index (χ2v) is 6.59. The molecule has 0 aliphatic heterocycles. The molecule has 0 fully saturated rings. The molecule has 0 saturated heterocycles. The number of rotatable bonds is 10. The standard InChI is InChI=1S/C22H28F2N4O2.HI/c1-3-25-22(27-13-7-12-26-20(29)17-8-5-4-6-9-17)28-15-18-14-16(2)10-11-19(18)30-21(23)24;/h4-6,8-11,14,21H,3,7,12-13,15H2,1-2H3,(H,26,29)(H2,25,27,28);1H. The molecular weight excluding hydrogens is 517 g/mol. The summed E-state index contributed by atoms with van der Waals surface area (Å²) in [5.41, 5.74) is 2.15. The maximum absolute atomic E-state index is 12.6. The van der Waals surface area contributed by atoms with Crippen LogP contribution in [0.3, 0.4) is 0 Å². The average Bonchev–Trinajstić information content (AvgIpc) is 2.73. The molecule has 0 unspecified atom stereocenters. The lowest BCUT2D eigenvalue weighted by atomic mass is 10.1. The molecule has 170 valence electrons. The number of aliphatic imine (C=N–C) groups is 1. The Labute approximate surface area is 198 Å². The maximum atomic E-state index is 12.6. The summed E-state index contributed by atoms with van der Waals surface area (Å²) in [6.07, 6.45) is 0.702. The summed E-state index contributed by atoms with van der Waals surface area (Å²) in [6.45, 7) is 2.91. The van der Waals surface area contributed by atoms with Crippen LogP contribution in [0.4, 0.5) is 8.78 Å². The second kappa shape index (κ2) is 14.6. The van der Waals surface area contributed by atoms with Crippen LogP contribution in [0.1, 0.15) is 34.8 Å². The van der Waals surface area contributed by atoms with Gasteiger partial charge in [-0.05, 0) is 38.5 Å². The van der Waals surface area contributed by atoms with Crippen LogP contribution in [0.5, 0.6) is 5.75 Å². The first-order valence-corrected chi connectivity index (χ1v) is 9.89. The summed E-state index contributed by atoms with van der Waals surface area (Å²) in [7, 11) is 0. The van der Waals surface area contributed by atoms with Crippen LogP contribution in [0.25, 0.3) is 0 Å². The monoisotopic (exact) mass is 546 g/mol. The number of amides is 1. The third-order valence-electron chi connectivity index (χ3n) is 4.15. The molecule has 0 bridgehead atoms. The first kappa shape index (κ1) is 26.6. The smallest absolute Gasteiger partial charge is 0.387 e. The molecule has 0 radical (unpaired) electrons. The van der Waals surface area contributed by atoms with Gasteiger partial charge in [-0.15, -0.1) is 24.0 Å². The van der Waals surface area contributed by atoms with Crippen LogP contribution in [0, 0.1) is 6.92 Å². The van der Waals surface area contributed by atoms with Gasteiger partial charge >= 0.3 is 6.61 Å². The lowest BCUT2D eigenvalue weighted by molar-refractivity contribution is -0.0504. The third kappa shape index (κ3) is 9.95. The fraction of sp³-hybridized carbons (Fsp3) is 0.364. The molecule has 31 heavy (non-hydrogen) atoms. The molecule has 0 aliphatic carbocycles. The van der Waals surface area contributed by atoms with Gasteiger partial charge in [0.25, 0.3) is 5.91 Å². The van der Waals surface area contributed by atoms with Crippen molar-refractivity contribution >= 4 is 35.8 Å². The van der Waals surface area contributed by atoms with Gasteiger partial charge in [-0.3, -0.25) is 4.79 Å². The summed E-state index contributed by atoms with van der Waals surface area (Å²) in [5, 5.41) is 9.16. The average molecular weight is 546 g/mol. The van der Waals surface area contributed by atoms with E-state index in [1.807, 2.05) is 32.0 Å². The SMILES string of the molecule is CCNC(=NCc1cc(C)ccc1OC(F)F)NCCCNC(=O)c1ccccc1.I. The zero-order valence-corrected chi connectivity index (χ0v) is 20.0. The van der Waals surface area contributed by atoms with Crippen LogP contribution < -0.4 is 20.7 Å². The number of guanidine groups is 1. The van der Waals surface area contributed by atoms with Gasteiger partial charge in [0.1, 0.15) is 5.75 Å². The van der Waals surface area contributed by atoms with Crippen LogP contribution >= 0.6 is 24.0 Å². The van der Waals surface area contributed by atoms with Gasteiger partial charge in [-0.2, -0.15) is 8.78 Å². The van der Waals surface area contributed by atoms with Gasteiger partial charge in [0, 0.05) is 30.8 Å². The Hall–Kier alpha value is -2.43. The maximum Gasteiger partial charge on any atom is 0.387 e. The number of hydrogen-bond donors (Lipinski definition) is 3. The van der Waals surface area contributed by atoms with E-state index in [1.165, 1.54) is 6.07 Å². The number of aryl methyl sites for hydroxylation is 1. The van der Waals surface area contributed by atoms with Crippen molar-refractivity contribution < 1.29 is 18.3 Å². The first-order valence-electron chi connectivity index (χ1n) is 9.89. The van der Waals surface area contributed by atoms with Gasteiger partial charge in [0.2, 0.25) is 0 Å². The topological polar surface area (TPSA) is 74.8 Å². The van der Waals surface area contributed by atoms with Gasteiger partial charge in [0.15, 0.2) is 5.96 Å². The fourth-order valence-corrected chi connectivity index (χ4v) is 2.74. The predicted octanol–water partition coefficient (Wildman–Crippen LogP) is 4.09. The molecule has 2 aromatic rings. The molecule has 0 saturated carbocycles. The van der Waals surface area contributed by atoms with Gasteiger partial charge < -0.3 is 20.7 Å². The highest BCUT2D eigenvalue weighted by atomic mass is 127. The van der Waals surface area contributed by atoms with E-state index in [4.69, 9.17) is 0 Å². The van der Waals surface area contributed by atoms with Gasteiger partial charge in [-0.1, -0.05) is 35.9 Å². The summed E-state index contributed by atoms with van der Waals surface area (Å²) < 4.78 is 29.8. The summed E-state index contributed by atoms with van der Waals surface area (Å²) in [4.78, 5) is 16.5. The van der Waals surface area contributed by atoms with Crippen LogP contribution in [0.15, 0.2) is 53.5 Å². The number of ether oxygens (including phenoxy) is 1. The molecule has 2 rings (SSSR count). The molecule has 9 heteroatoms. The number of hydrogen-bond acceptors (Lipinski definition) is 3. The molecule has 0 aromatic heterocycles. The van der Waals surface area contributed by atoms with Gasteiger partial charge in [-0.25, -0.2) is 4.99 Å². The molecule has 0 aliphatic rings. The highest BCUT2D eigenvalue weighted by Gasteiger charge is 2.10. The normalized spacial score (nSPS) is 10.9. The number of carbonyl (C=O) groups is 1. The number of alkyl halides is 2. The highest BCUT2D eigenvalue weighted by molar-refractivity contribution is 14.0. The van der Waals surface area contributed by atoms with Crippen molar-refractivity contribution in [3.05, 3.63) is 65.2 Å². The zero-order valence-electron chi connectivity index (χ0n) is 17.7. The third-order valence-corrected chi connectivity index (χ3v) is 4.15. The van der Waals surface area contributed by atoms with E-state index in [0.29, 0.717) is 43.1 Å². The molecule has 2 aromatic carbocycles. The lowest BCUT2D eigenvalue weighted by Gasteiger charge is -2.13. The Morgan fingerprint density at radius 1 is 1.06 bits per heavy atom. The van der Waals surface area contributed by atoms with Crippen molar-refractivity contribution in [2.75, 3.05) is 19.6 Å². The highest BCUT2D eigenvalue weighted by Crippen LogP contribution is 2.22. The van der Waals surface area contributed by atoms with Crippen molar-refractivity contribution in [2.45, 2.75) is 33.4 Å². The fourth-order valence-electron chi connectivity index (χ4n) is 2.74. The van der Waals surface area contributed by atoms with Crippen LogP contribution in [-0.2, 0) is 6.54 Å². The minimum atomic E-state index is -2.88. The molecule has 0 spiro atoms. The van der Waals surface area contributed by atoms with Crippen molar-refractivity contribution in [1.82, 2.24) is 16.0 Å². The Kier molecular flexibility index (Phi) is 12.5. The molecular formula is C22H29F2IN4O2. The predicted molar refractivity (Wildman–Crippen MR) is 129 cm³/mol. The quantitative estimate of drug-likeness (QED) is 0.182. The van der Waals surface area contributed by atoms with E-state index in [0.717, 1.165) is 5.56 Å². The van der Waals surface area contributed by atoms with E-state index < -0.39 is 6.61 Å². The Morgan fingerprint density at radius 2 is 1.77 bits per heavy atom. The molecule has 3 N–H and O–H groups in total. The van der Waals surface area contributed by atoms with Crippen molar-refractivity contribution in [2.24, 2.45) is 4.99 Å². The van der Waals surface area contributed by atoms with Crippen LogP contribution in [-0.4, -0.2) is 38.1 Å². The van der Waals surface area contributed by atoms with E-state index in [9.17, 15) is 13.6 Å². The summed E-state index contributed by atoms with van der Waals surface area (Å²) >= 11 is 0. The van der Waals surface area contributed by atoms with E-state index in [2.05, 4.69) is 25.7 Å². The minimum absolute atomic E-state index is 0. The molecule has 1 amide bonds. The van der Waals surface area contributed by atoms with Crippen molar-refractivity contribution in [3.8, 4) is 5.75 Å². The van der Waals surface area contributed by atoms with E-state index >= 15 is 0 Å². The van der Waals surface area contributed by atoms with Crippen LogP contribution in [0.2, 0.25) is 0 Å². The van der Waals surface area contributed by atoms with E-state index in [-0.39, 0.29) is 42.2 Å². The molecule has 0 atom stereocenters. The van der Waals surface area contributed by atoms with Crippen molar-refractivity contribution in [1.29, 1.82) is 0 Å². The summed E-state index contributed by atoms with van der Waals surface area (Å²) in [5.74, 6) is 0.581. The lowest BCUT2D eigenvalue weighted by Crippen LogP contribution is -2.38. The number of carbonyl (C=O) groups excluding carboxylic acids is 1. The second-order valence-electron chi connectivity index (χ2n) is 6.59. The largest absolute Gasteiger partial charge is 0.434 e. The minimum Gasteiger partial charge on any atom is -0.434 e. The Balaban J connectivity index is 0.00000480. The number of nitrogens with zero attached hydrogens (tertiary/aromatic N) is 1. The van der Waals surface area contributed by atoms with Crippen molar-refractivity contribution in [3.63, 3.8) is 0 Å². The molecule has 6 nitrogen and oxygen atoms in total. The number of benzene rings is 2. The Bertz CT molecular complexity index is 836. The number of halogens is 3. The van der Waals surface area contributed by atoms with Gasteiger partial charge in [0.05, 0.1) is 6.54 Å². The Morgan fingerprint density at radius 3 is 2.45 bits per heavy atom.